The Hall–Kier alpha value is -0.340. The lowest BCUT2D eigenvalue weighted by atomic mass is 9.57. The predicted molar refractivity (Wildman–Crippen MR) is 69.6 cm³/mol. The fraction of sp³-hybridized carbons (Fsp3) is 0.867. The van der Waals surface area contributed by atoms with Gasteiger partial charge in [-0.05, 0) is 70.6 Å². The van der Waals surface area contributed by atoms with Crippen LogP contribution in [0.25, 0.3) is 0 Å². The van der Waals surface area contributed by atoms with Gasteiger partial charge >= 0.3 is 0 Å². The zero-order chi connectivity index (χ0) is 12.8. The van der Waals surface area contributed by atoms with Crippen LogP contribution in [0, 0.1) is 17.8 Å². The van der Waals surface area contributed by atoms with Crippen molar-refractivity contribution in [3.8, 4) is 0 Å². The highest BCUT2D eigenvalue weighted by atomic mass is 16.3. The molecule has 0 aromatic rings. The molecule has 2 aliphatic rings. The Balaban J connectivity index is 2.24. The molecule has 2 aliphatic carbocycles. The summed E-state index contributed by atoms with van der Waals surface area (Å²) >= 11 is 0. The zero-order valence-corrected chi connectivity index (χ0v) is 11.4. The predicted octanol–water partition coefficient (Wildman–Crippen LogP) is 2.89. The van der Waals surface area contributed by atoms with Crippen LogP contribution in [0.2, 0.25) is 0 Å². The molecular weight excluding hydrogens is 212 g/mol. The lowest BCUT2D eigenvalue weighted by Gasteiger charge is -2.50. The van der Waals surface area contributed by atoms with Crippen molar-refractivity contribution in [2.75, 3.05) is 0 Å². The van der Waals surface area contributed by atoms with Crippen LogP contribution in [0.3, 0.4) is 0 Å². The van der Waals surface area contributed by atoms with Crippen LogP contribution in [0.4, 0.5) is 0 Å². The molecule has 2 N–H and O–H groups in total. The quantitative estimate of drug-likeness (QED) is 0.690. The molecule has 98 valence electrons. The number of aliphatic hydroxyl groups is 2. The highest BCUT2D eigenvalue weighted by molar-refractivity contribution is 5.13. The molecule has 0 saturated heterocycles. The van der Waals surface area contributed by atoms with Crippen molar-refractivity contribution in [2.24, 2.45) is 17.8 Å². The van der Waals surface area contributed by atoms with Gasteiger partial charge in [0.15, 0.2) is 0 Å². The van der Waals surface area contributed by atoms with Crippen molar-refractivity contribution in [3.05, 3.63) is 12.2 Å². The maximum Gasteiger partial charge on any atom is 0.0623 e. The molecule has 0 radical (unpaired) electrons. The third-order valence-corrected chi connectivity index (χ3v) is 4.91. The summed E-state index contributed by atoms with van der Waals surface area (Å²) in [5, 5.41) is 20.6. The van der Waals surface area contributed by atoms with Gasteiger partial charge in [0.2, 0.25) is 0 Å². The van der Waals surface area contributed by atoms with Crippen LogP contribution in [-0.2, 0) is 0 Å². The summed E-state index contributed by atoms with van der Waals surface area (Å²) in [6, 6.07) is 0. The molecule has 2 rings (SSSR count). The van der Waals surface area contributed by atoms with E-state index >= 15 is 0 Å². The average molecular weight is 238 g/mol. The summed E-state index contributed by atoms with van der Waals surface area (Å²) in [5.74, 6) is 1.21. The minimum Gasteiger partial charge on any atom is -0.390 e. The third kappa shape index (κ3) is 2.58. The van der Waals surface area contributed by atoms with Gasteiger partial charge in [0.05, 0.1) is 11.2 Å². The van der Waals surface area contributed by atoms with E-state index in [0.29, 0.717) is 17.8 Å². The van der Waals surface area contributed by atoms with E-state index in [1.807, 2.05) is 20.8 Å². The highest BCUT2D eigenvalue weighted by Gasteiger charge is 2.47. The highest BCUT2D eigenvalue weighted by Crippen LogP contribution is 2.51. The van der Waals surface area contributed by atoms with Crippen LogP contribution >= 0.6 is 0 Å². The summed E-state index contributed by atoms with van der Waals surface area (Å²) in [4.78, 5) is 0. The molecule has 0 bridgehead atoms. The van der Waals surface area contributed by atoms with Crippen molar-refractivity contribution in [2.45, 2.75) is 64.1 Å². The van der Waals surface area contributed by atoms with Crippen molar-refractivity contribution in [1.82, 2.24) is 0 Å². The Bertz CT molecular complexity index is 311. The van der Waals surface area contributed by atoms with Crippen LogP contribution < -0.4 is 0 Å². The first-order valence-electron chi connectivity index (χ1n) is 6.83. The summed E-state index contributed by atoms with van der Waals surface area (Å²) in [6.45, 7) is 9.95. The smallest absolute Gasteiger partial charge is 0.0623 e. The summed E-state index contributed by atoms with van der Waals surface area (Å²) in [7, 11) is 0. The van der Waals surface area contributed by atoms with Crippen molar-refractivity contribution >= 4 is 0 Å². The van der Waals surface area contributed by atoms with E-state index < -0.39 is 11.2 Å². The largest absolute Gasteiger partial charge is 0.390 e. The molecule has 4 atom stereocenters. The molecule has 0 unspecified atom stereocenters. The minimum absolute atomic E-state index is 0.296. The van der Waals surface area contributed by atoms with Crippen molar-refractivity contribution in [1.29, 1.82) is 0 Å². The molecule has 2 nitrogen and oxygen atoms in total. The maximum atomic E-state index is 10.3. The Morgan fingerprint density at radius 3 is 2.59 bits per heavy atom. The monoisotopic (exact) mass is 238 g/mol. The number of allylic oxidation sites excluding steroid dienone is 1. The lowest BCUT2D eigenvalue weighted by Crippen LogP contribution is -2.48. The SMILES string of the molecule is C=C1CC[C@@H](C(C)(C)O)[C@@H]2C[C@](C)(O)CC[C@@H]12. The van der Waals surface area contributed by atoms with Crippen LogP contribution in [0.5, 0.6) is 0 Å². The Kier molecular flexibility index (Phi) is 3.16. The first-order chi connectivity index (χ1) is 7.71. The second kappa shape index (κ2) is 4.10. The standard InChI is InChI=1S/C15H26O2/c1-10-5-6-13(14(2,3)16)12-9-15(4,17)8-7-11(10)12/h11-13,16-17H,1,5-9H2,2-4H3/t11-,12+,13+,15+/m0/s1. The topological polar surface area (TPSA) is 40.5 Å². The summed E-state index contributed by atoms with van der Waals surface area (Å²) < 4.78 is 0. The molecule has 2 fully saturated rings. The van der Waals surface area contributed by atoms with Gasteiger partial charge in [0.1, 0.15) is 0 Å². The molecule has 0 aromatic carbocycles. The van der Waals surface area contributed by atoms with E-state index in [1.165, 1.54) is 5.57 Å². The molecule has 0 heterocycles. The second-order valence-corrected chi connectivity index (χ2v) is 6.97. The van der Waals surface area contributed by atoms with Gasteiger partial charge in [0.25, 0.3) is 0 Å². The lowest BCUT2D eigenvalue weighted by molar-refractivity contribution is -0.0875. The van der Waals surface area contributed by atoms with Gasteiger partial charge in [-0.15, -0.1) is 0 Å². The van der Waals surface area contributed by atoms with E-state index in [1.54, 1.807) is 0 Å². The second-order valence-electron chi connectivity index (χ2n) is 6.97. The maximum absolute atomic E-state index is 10.3. The van der Waals surface area contributed by atoms with Gasteiger partial charge in [-0.1, -0.05) is 12.2 Å². The van der Waals surface area contributed by atoms with E-state index in [0.717, 1.165) is 32.1 Å². The molecule has 0 spiro atoms. The summed E-state index contributed by atoms with van der Waals surface area (Å²) in [5.41, 5.74) is 0.144. The number of hydrogen-bond donors (Lipinski definition) is 2. The minimum atomic E-state index is -0.642. The number of hydrogen-bond acceptors (Lipinski definition) is 2. The van der Waals surface area contributed by atoms with Crippen molar-refractivity contribution in [3.63, 3.8) is 0 Å². The fourth-order valence-electron chi connectivity index (χ4n) is 3.98. The number of fused-ring (bicyclic) bond motifs is 1. The van der Waals surface area contributed by atoms with Crippen LogP contribution in [0.15, 0.2) is 12.2 Å². The normalized spacial score (nSPS) is 43.4. The molecular formula is C15H26O2. The molecule has 2 saturated carbocycles. The Labute approximate surface area is 105 Å². The third-order valence-electron chi connectivity index (χ3n) is 4.91. The van der Waals surface area contributed by atoms with Crippen LogP contribution in [0.1, 0.15) is 52.9 Å². The van der Waals surface area contributed by atoms with Gasteiger partial charge in [0, 0.05) is 0 Å². The van der Waals surface area contributed by atoms with E-state index in [-0.39, 0.29) is 0 Å². The average Bonchev–Trinajstić information content (AvgIpc) is 2.14. The van der Waals surface area contributed by atoms with Crippen LogP contribution in [-0.4, -0.2) is 21.4 Å². The Morgan fingerprint density at radius 2 is 2.00 bits per heavy atom. The van der Waals surface area contributed by atoms with Gasteiger partial charge in [-0.2, -0.15) is 0 Å². The van der Waals surface area contributed by atoms with E-state index in [4.69, 9.17) is 0 Å². The summed E-state index contributed by atoms with van der Waals surface area (Å²) in [6.07, 6.45) is 4.76. The molecule has 2 heteroatoms. The molecule has 0 amide bonds. The Morgan fingerprint density at radius 1 is 1.35 bits per heavy atom. The zero-order valence-electron chi connectivity index (χ0n) is 11.4. The fourth-order valence-corrected chi connectivity index (χ4v) is 3.98. The van der Waals surface area contributed by atoms with Gasteiger partial charge in [-0.3, -0.25) is 0 Å². The molecule has 17 heavy (non-hydrogen) atoms. The van der Waals surface area contributed by atoms with Gasteiger partial charge < -0.3 is 10.2 Å². The van der Waals surface area contributed by atoms with Crippen molar-refractivity contribution < 1.29 is 10.2 Å². The molecule has 0 aromatic heterocycles. The van der Waals surface area contributed by atoms with Gasteiger partial charge in [-0.25, -0.2) is 0 Å². The number of rotatable bonds is 1. The molecule has 0 aliphatic heterocycles. The first kappa shape index (κ1) is 13.1. The first-order valence-corrected chi connectivity index (χ1v) is 6.83. The van der Waals surface area contributed by atoms with E-state index in [2.05, 4.69) is 6.58 Å². The van der Waals surface area contributed by atoms with E-state index in [9.17, 15) is 10.2 Å².